The molecule has 0 amide bonds. The van der Waals surface area contributed by atoms with Gasteiger partial charge in [-0.25, -0.2) is 15.0 Å². The summed E-state index contributed by atoms with van der Waals surface area (Å²) < 4.78 is 35.4. The molecule has 0 unspecified atom stereocenters. The largest absolute Gasteiger partial charge is 3.00 e. The molecule has 8 aromatic heterocycles. The molecule has 0 N–H and O–H groups in total. The first-order chi connectivity index (χ1) is 55.0. The molecule has 22 rings (SSSR count). The normalized spacial score (nSPS) is 11.1. The summed E-state index contributed by atoms with van der Waals surface area (Å²) in [6.45, 7) is 0. The summed E-state index contributed by atoms with van der Waals surface area (Å²) in [5, 5.41) is 11.4. The second kappa shape index (κ2) is 32.3. The van der Waals surface area contributed by atoms with Crippen LogP contribution in [0.25, 0.3) is 138 Å². The van der Waals surface area contributed by atoms with Crippen molar-refractivity contribution in [3.8, 4) is 74.7 Å². The second-order valence-electron chi connectivity index (χ2n) is 26.3. The molecule has 0 radical (unpaired) electrons. The van der Waals surface area contributed by atoms with Crippen LogP contribution in [0, 0.1) is 54.6 Å². The third-order valence-electron chi connectivity index (χ3n) is 19.6. The Balaban J connectivity index is 0.000000122. The van der Waals surface area contributed by atoms with E-state index in [1.807, 2.05) is 200 Å². The number of aromatic nitrogens is 8. The minimum absolute atomic E-state index is 0. The fourth-order valence-electron chi connectivity index (χ4n) is 14.9. The predicted octanol–water partition coefficient (Wildman–Crippen LogP) is 24.1. The van der Waals surface area contributed by atoms with Crippen LogP contribution in [0.3, 0.4) is 0 Å². The minimum atomic E-state index is 0. The van der Waals surface area contributed by atoms with Crippen molar-refractivity contribution in [2.45, 2.75) is 0 Å². The van der Waals surface area contributed by atoms with Crippen molar-refractivity contribution in [1.29, 1.82) is 0 Å². The number of hydrogen-bond acceptors (Lipinski definition) is 7. The molecule has 0 aliphatic heterocycles. The smallest absolute Gasteiger partial charge is 0.509 e. The fourth-order valence-corrected chi connectivity index (χ4v) is 14.9. The molecule has 0 spiro atoms. The zero-order chi connectivity index (χ0) is 73.6. The van der Waals surface area contributed by atoms with Gasteiger partial charge in [0.2, 0.25) is 0 Å². The maximum atomic E-state index is 6.40. The fraction of sp³-hybridized carbons (Fsp3) is 0. The van der Waals surface area contributed by atoms with Crippen molar-refractivity contribution in [2.75, 3.05) is 0 Å². The molecule has 12 nitrogen and oxygen atoms in total. The zero-order valence-corrected chi connectivity index (χ0v) is 66.5. The number of hydrogen-bond donors (Lipinski definition) is 0. The SMILES string of the molecule is [Au+3].[Au+3].[Au+3].[c-]1c(Oc2[c-]c(-n3c4ccccc4c4cccnc43)ccc2)cccc1-n1c2[c-]cccc2c2ccccc21.[c-]1ccccc1-n1c2[c-]c(Oc3[c-]c4c(cc3)c3ccccc3n4-c3ccccn3)ccc2c2ccccc21.[c-]1ccccc1Oc1[c-]c(Oc2[c-]c3c(cc2)c2ccccc2n3-c2ccccn2)ccc1. The molecule has 14 aromatic carbocycles. The van der Waals surface area contributed by atoms with Gasteiger partial charge in [-0.1, -0.05) is 148 Å². The average Bonchev–Trinajstić information content (AvgIpc) is 1.62. The molecule has 0 fully saturated rings. The number of ether oxygens (including phenoxy) is 4. The first kappa shape index (κ1) is 73.7. The van der Waals surface area contributed by atoms with Crippen LogP contribution in [0.4, 0.5) is 0 Å². The molecule has 0 saturated carbocycles. The Hall–Kier alpha value is -13.0. The van der Waals surface area contributed by atoms with Gasteiger partial charge in [0.05, 0.1) is 5.52 Å². The van der Waals surface area contributed by atoms with Crippen molar-refractivity contribution >= 4 is 109 Å². The molecule has 15 heteroatoms. The van der Waals surface area contributed by atoms with Crippen LogP contribution in [-0.4, -0.2) is 37.8 Å². The van der Waals surface area contributed by atoms with E-state index >= 15 is 0 Å². The summed E-state index contributed by atoms with van der Waals surface area (Å²) >= 11 is 0. The summed E-state index contributed by atoms with van der Waals surface area (Å²) in [7, 11) is 0. The maximum Gasteiger partial charge on any atom is 3.00 e. The van der Waals surface area contributed by atoms with Gasteiger partial charge in [-0.2, -0.15) is 103 Å². The van der Waals surface area contributed by atoms with E-state index in [1.165, 1.54) is 10.8 Å². The van der Waals surface area contributed by atoms with Crippen molar-refractivity contribution < 1.29 is 86.1 Å². The Kier molecular flexibility index (Phi) is 20.9. The van der Waals surface area contributed by atoms with Gasteiger partial charge in [0.1, 0.15) is 17.3 Å². The summed E-state index contributed by atoms with van der Waals surface area (Å²) in [5.41, 5.74) is 12.8. The van der Waals surface area contributed by atoms with Gasteiger partial charge in [-0.15, -0.1) is 125 Å². The molecule has 550 valence electrons. The summed E-state index contributed by atoms with van der Waals surface area (Å²) in [6.07, 6.45) is 5.43. The maximum absolute atomic E-state index is 6.40. The minimum Gasteiger partial charge on any atom is -0.509 e. The Labute approximate surface area is 702 Å². The van der Waals surface area contributed by atoms with Gasteiger partial charge in [0.15, 0.2) is 0 Å². The van der Waals surface area contributed by atoms with Gasteiger partial charge < -0.3 is 41.8 Å². The summed E-state index contributed by atoms with van der Waals surface area (Å²) in [6, 6.07) is 139. The molecule has 0 atom stereocenters. The molecule has 0 saturated heterocycles. The second-order valence-corrected chi connectivity index (χ2v) is 26.3. The van der Waals surface area contributed by atoms with Crippen LogP contribution >= 0.6 is 0 Å². The predicted molar refractivity (Wildman–Crippen MR) is 440 cm³/mol. The van der Waals surface area contributed by atoms with Gasteiger partial charge in [0, 0.05) is 97.4 Å². The third kappa shape index (κ3) is 13.9. The first-order valence-corrected chi connectivity index (χ1v) is 36.2. The van der Waals surface area contributed by atoms with Crippen LogP contribution in [0.5, 0.6) is 46.0 Å². The Morgan fingerprint density at radius 3 is 1.03 bits per heavy atom. The van der Waals surface area contributed by atoms with E-state index < -0.39 is 0 Å². The van der Waals surface area contributed by atoms with E-state index in [-0.39, 0.29) is 67.1 Å². The molecule has 0 aliphatic carbocycles. The standard InChI is InChI=1S/2C35H20N3O.C29H17N2O2.3Au/c1-4-18-32-28(14-1)29-15-2-5-19-33(29)37(32)24-10-7-12-26(22-24)39-27-13-8-11-25(23-27)38-34-20-6-3-16-30(34)31-17-9-21-36-35(31)38;1-2-10-24(11-3-1)37-31-14-6-4-12-27(31)29-19-17-25(22-33(29)37)39-26-18-20-30-28-13-5-7-15-32(28)38(34(30)23-26)35-16-8-9-21-36-35;1-2-9-21(10-3-1)32-22-11-8-12-23(19-22)33-24-16-17-26-25-13-4-5-14-27(25)31(28(26)20-24)29-15-6-7-18-30-29;;;/h1-18,20-21H;1-10,12-21H;1-9,11-18H;;;/q3*-3;3*+3. The Morgan fingerprint density at radius 1 is 0.202 bits per heavy atom. The van der Waals surface area contributed by atoms with Crippen LogP contribution < -0.4 is 18.9 Å². The van der Waals surface area contributed by atoms with E-state index in [4.69, 9.17) is 18.9 Å². The van der Waals surface area contributed by atoms with Crippen LogP contribution in [0.2, 0.25) is 0 Å². The van der Waals surface area contributed by atoms with E-state index in [9.17, 15) is 0 Å². The number of benzene rings is 14. The molecule has 8 heterocycles. The summed E-state index contributed by atoms with van der Waals surface area (Å²) in [4.78, 5) is 13.9. The molecule has 0 aliphatic rings. The Morgan fingerprint density at radius 2 is 0.544 bits per heavy atom. The number of nitrogens with zero attached hydrogens (tertiary/aromatic N) is 8. The number of rotatable bonds is 13. The Bertz CT molecular complexity index is 6830. The zero-order valence-electron chi connectivity index (χ0n) is 60.0. The van der Waals surface area contributed by atoms with Gasteiger partial charge in [-0.05, 0) is 88.3 Å². The number of pyridine rings is 3. The molecule has 0 bridgehead atoms. The summed E-state index contributed by atoms with van der Waals surface area (Å²) in [5.74, 6) is 6.44. The average molecular weight is 2010 g/mol. The van der Waals surface area contributed by atoms with Crippen molar-refractivity contribution in [1.82, 2.24) is 37.8 Å². The van der Waals surface area contributed by atoms with Crippen molar-refractivity contribution in [2.24, 2.45) is 0 Å². The third-order valence-corrected chi connectivity index (χ3v) is 19.6. The van der Waals surface area contributed by atoms with Gasteiger partial charge >= 0.3 is 67.1 Å². The quantitative estimate of drug-likeness (QED) is 0.0837. The number of fused-ring (bicyclic) bond motifs is 15. The van der Waals surface area contributed by atoms with E-state index in [0.717, 1.165) is 127 Å². The molecule has 22 aromatic rings. The molecule has 114 heavy (non-hydrogen) atoms. The van der Waals surface area contributed by atoms with E-state index in [1.54, 1.807) is 12.3 Å². The van der Waals surface area contributed by atoms with Crippen LogP contribution in [-0.2, 0) is 67.1 Å². The molecular weight excluding hydrogens is 1960 g/mol. The van der Waals surface area contributed by atoms with E-state index in [2.05, 4.69) is 226 Å². The van der Waals surface area contributed by atoms with Gasteiger partial charge in [0.25, 0.3) is 0 Å². The topological polar surface area (TPSA) is 100 Å². The van der Waals surface area contributed by atoms with Crippen molar-refractivity contribution in [3.05, 3.63) is 401 Å². The first-order valence-electron chi connectivity index (χ1n) is 36.2. The van der Waals surface area contributed by atoms with E-state index in [0.29, 0.717) is 46.0 Å². The van der Waals surface area contributed by atoms with Crippen molar-refractivity contribution in [3.63, 3.8) is 0 Å². The van der Waals surface area contributed by atoms with Gasteiger partial charge in [-0.3, -0.25) is 0 Å². The van der Waals surface area contributed by atoms with Crippen LogP contribution in [0.1, 0.15) is 0 Å². The van der Waals surface area contributed by atoms with Crippen LogP contribution in [0.15, 0.2) is 346 Å². The molecular formula is C99H57Au3N8O4. The monoisotopic (exact) mass is 2010 g/mol. The number of para-hydroxylation sites is 8.